The number of anilines is 1. The zero-order valence-electron chi connectivity index (χ0n) is 17.7. The van der Waals surface area contributed by atoms with E-state index in [0.29, 0.717) is 10.3 Å². The number of hydrogen-bond acceptors (Lipinski definition) is 5. The second kappa shape index (κ2) is 12.1. The van der Waals surface area contributed by atoms with Crippen molar-refractivity contribution < 1.29 is 4.79 Å². The first-order chi connectivity index (χ1) is 14.4. The molecule has 6 nitrogen and oxygen atoms in total. The molecule has 30 heavy (non-hydrogen) atoms. The van der Waals surface area contributed by atoms with Crippen LogP contribution in [0.15, 0.2) is 52.6 Å². The highest BCUT2D eigenvalue weighted by Crippen LogP contribution is 2.20. The second-order valence-electron chi connectivity index (χ2n) is 7.23. The van der Waals surface area contributed by atoms with E-state index in [1.807, 2.05) is 62.6 Å². The molecule has 1 aromatic heterocycles. The summed E-state index contributed by atoms with van der Waals surface area (Å²) in [6.07, 6.45) is 3.23. The minimum absolute atomic E-state index is 0.0249. The van der Waals surface area contributed by atoms with Crippen LogP contribution >= 0.6 is 15.9 Å². The molecule has 0 saturated heterocycles. The number of likely N-dealkylation sites (N-methyl/N-ethyl adjacent to an activating group) is 1. The average molecular weight is 470 g/mol. The maximum absolute atomic E-state index is 12.8. The van der Waals surface area contributed by atoms with Gasteiger partial charge in [-0.2, -0.15) is 5.26 Å². The lowest BCUT2D eigenvalue weighted by molar-refractivity contribution is -0.117. The lowest BCUT2D eigenvalue weighted by Gasteiger charge is -2.18. The van der Waals surface area contributed by atoms with Crippen LogP contribution in [-0.4, -0.2) is 43.0 Å². The van der Waals surface area contributed by atoms with Gasteiger partial charge < -0.3 is 15.5 Å². The predicted octanol–water partition coefficient (Wildman–Crippen LogP) is 4.38. The van der Waals surface area contributed by atoms with Crippen LogP contribution in [-0.2, 0) is 4.79 Å². The van der Waals surface area contributed by atoms with Crippen molar-refractivity contribution in [2.24, 2.45) is 0 Å². The topological polar surface area (TPSA) is 81.0 Å². The van der Waals surface area contributed by atoms with Crippen LogP contribution < -0.4 is 10.6 Å². The maximum atomic E-state index is 12.8. The van der Waals surface area contributed by atoms with Gasteiger partial charge in [0.05, 0.1) is 11.7 Å². The van der Waals surface area contributed by atoms with Crippen molar-refractivity contribution >= 4 is 33.6 Å². The first-order valence-corrected chi connectivity index (χ1v) is 10.8. The molecule has 158 valence electrons. The first kappa shape index (κ1) is 23.6. The molecule has 1 amide bonds. The van der Waals surface area contributed by atoms with E-state index in [1.54, 1.807) is 0 Å². The van der Waals surface area contributed by atoms with Crippen LogP contribution in [0.2, 0.25) is 0 Å². The van der Waals surface area contributed by atoms with Crippen molar-refractivity contribution in [3.8, 4) is 6.07 Å². The summed E-state index contributed by atoms with van der Waals surface area (Å²) in [5.41, 5.74) is 2.46. The van der Waals surface area contributed by atoms with E-state index in [9.17, 15) is 10.1 Å². The van der Waals surface area contributed by atoms with Crippen molar-refractivity contribution in [3.05, 3.63) is 63.9 Å². The van der Waals surface area contributed by atoms with Gasteiger partial charge in [0.2, 0.25) is 0 Å². The van der Waals surface area contributed by atoms with E-state index < -0.39 is 5.91 Å². The van der Waals surface area contributed by atoms with Crippen molar-refractivity contribution in [1.82, 2.24) is 15.2 Å². The van der Waals surface area contributed by atoms with Gasteiger partial charge in [0.15, 0.2) is 0 Å². The number of aromatic nitrogens is 1. The molecule has 0 bridgehead atoms. The van der Waals surface area contributed by atoms with Crippen LogP contribution in [0, 0.1) is 11.3 Å². The quantitative estimate of drug-likeness (QED) is 0.306. The number of rotatable bonds is 10. The Labute approximate surface area is 187 Å². The van der Waals surface area contributed by atoms with Crippen LogP contribution in [0.5, 0.6) is 0 Å². The molecule has 0 aliphatic carbocycles. The van der Waals surface area contributed by atoms with E-state index in [4.69, 9.17) is 0 Å². The van der Waals surface area contributed by atoms with E-state index in [1.165, 1.54) is 6.08 Å². The molecule has 0 saturated carbocycles. The summed E-state index contributed by atoms with van der Waals surface area (Å²) in [4.78, 5) is 19.3. The molecule has 0 aliphatic heterocycles. The highest BCUT2D eigenvalue weighted by molar-refractivity contribution is 9.10. The fourth-order valence-corrected chi connectivity index (χ4v) is 3.40. The fraction of sp³-hybridized carbons (Fsp3) is 0.348. The molecular weight excluding hydrogens is 442 g/mol. The minimum atomic E-state index is -0.399. The Bertz CT molecular complexity index is 906. The summed E-state index contributed by atoms with van der Waals surface area (Å²) >= 11 is 3.40. The van der Waals surface area contributed by atoms with E-state index in [2.05, 4.69) is 43.4 Å². The molecule has 1 heterocycles. The van der Waals surface area contributed by atoms with Crippen LogP contribution in [0.25, 0.3) is 6.08 Å². The van der Waals surface area contributed by atoms with Gasteiger partial charge in [0.1, 0.15) is 16.2 Å². The molecule has 0 fully saturated rings. The molecule has 0 spiro atoms. The zero-order chi connectivity index (χ0) is 21.9. The summed E-state index contributed by atoms with van der Waals surface area (Å²) in [5, 5.41) is 15.9. The fourth-order valence-electron chi connectivity index (χ4n) is 2.95. The Hall–Kier alpha value is -2.69. The molecule has 1 aromatic carbocycles. The Kier molecular flexibility index (Phi) is 9.52. The molecule has 1 atom stereocenters. The molecule has 2 rings (SSSR count). The number of pyridine rings is 1. The summed E-state index contributed by atoms with van der Waals surface area (Å²) in [7, 11) is 4.02. The van der Waals surface area contributed by atoms with Gasteiger partial charge in [-0.1, -0.05) is 43.7 Å². The van der Waals surface area contributed by atoms with Gasteiger partial charge in [-0.3, -0.25) is 4.79 Å². The number of hydrogen-bond donors (Lipinski definition) is 2. The molecule has 2 N–H and O–H groups in total. The van der Waals surface area contributed by atoms with Crippen LogP contribution in [0.1, 0.15) is 37.1 Å². The predicted molar refractivity (Wildman–Crippen MR) is 125 cm³/mol. The number of amides is 1. The number of nitrogens with zero attached hydrogens (tertiary/aromatic N) is 3. The molecule has 7 heteroatoms. The monoisotopic (exact) mass is 469 g/mol. The summed E-state index contributed by atoms with van der Waals surface area (Å²) in [6.45, 7) is 3.72. The lowest BCUT2D eigenvalue weighted by atomic mass is 10.0. The molecule has 0 radical (unpaired) electrons. The smallest absolute Gasteiger partial charge is 0.262 e. The second-order valence-corrected chi connectivity index (χ2v) is 8.04. The third kappa shape index (κ3) is 7.62. The van der Waals surface area contributed by atoms with Gasteiger partial charge in [-0.05, 0) is 60.2 Å². The number of benzene rings is 1. The van der Waals surface area contributed by atoms with Crippen molar-refractivity contribution in [1.29, 1.82) is 5.26 Å². The number of carbonyl (C=O) groups is 1. The Morgan fingerprint density at radius 2 is 2.03 bits per heavy atom. The van der Waals surface area contributed by atoms with Gasteiger partial charge in [0.25, 0.3) is 5.91 Å². The van der Waals surface area contributed by atoms with Crippen molar-refractivity contribution in [3.63, 3.8) is 0 Å². The van der Waals surface area contributed by atoms with Crippen molar-refractivity contribution in [2.75, 3.05) is 32.5 Å². The Morgan fingerprint density at radius 1 is 1.30 bits per heavy atom. The van der Waals surface area contributed by atoms with Crippen LogP contribution in [0.4, 0.5) is 5.69 Å². The molecule has 1 unspecified atom stereocenters. The van der Waals surface area contributed by atoms with Gasteiger partial charge >= 0.3 is 0 Å². The van der Waals surface area contributed by atoms with Crippen molar-refractivity contribution in [2.45, 2.75) is 25.8 Å². The minimum Gasteiger partial charge on any atom is -0.384 e. The summed E-state index contributed by atoms with van der Waals surface area (Å²) in [6, 6.07) is 15.4. The third-order valence-corrected chi connectivity index (χ3v) is 4.85. The van der Waals surface area contributed by atoms with Gasteiger partial charge in [-0.15, -0.1) is 0 Å². The number of halogens is 1. The normalized spacial score (nSPS) is 12.3. The number of nitriles is 1. The molecule has 2 aromatic rings. The average Bonchev–Trinajstić information content (AvgIpc) is 2.71. The number of carbonyl (C=O) groups excluding carboxylic acids is 1. The SMILES string of the molecule is CCCC(NC(=O)C(C#N)=Cc1cc(NCCN(C)C)cc(Br)n1)c1ccccc1. The van der Waals surface area contributed by atoms with E-state index in [0.717, 1.165) is 37.2 Å². The highest BCUT2D eigenvalue weighted by Gasteiger charge is 2.17. The standard InChI is InChI=1S/C23H28BrN5O/c1-4-8-21(17-9-6-5-7-10-17)28-23(30)18(16-25)13-20-14-19(15-22(24)27-20)26-11-12-29(2)3/h5-7,9-10,13-15,21H,4,8,11-12H2,1-3H3,(H,26,27)(H,28,30). The Morgan fingerprint density at radius 3 is 2.67 bits per heavy atom. The Balaban J connectivity index is 2.18. The van der Waals surface area contributed by atoms with Gasteiger partial charge in [0, 0.05) is 18.8 Å². The van der Waals surface area contributed by atoms with E-state index >= 15 is 0 Å². The highest BCUT2D eigenvalue weighted by atomic mass is 79.9. The lowest BCUT2D eigenvalue weighted by Crippen LogP contribution is -2.29. The largest absolute Gasteiger partial charge is 0.384 e. The maximum Gasteiger partial charge on any atom is 0.262 e. The third-order valence-electron chi connectivity index (χ3n) is 4.44. The number of nitrogens with one attached hydrogen (secondary N) is 2. The molecule has 0 aliphatic rings. The zero-order valence-corrected chi connectivity index (χ0v) is 19.2. The molecular formula is C23H28BrN5O. The van der Waals surface area contributed by atoms with E-state index in [-0.39, 0.29) is 11.6 Å². The van der Waals surface area contributed by atoms with Gasteiger partial charge in [-0.25, -0.2) is 4.98 Å². The summed E-state index contributed by atoms with van der Waals surface area (Å²) < 4.78 is 0.634. The van der Waals surface area contributed by atoms with Crippen LogP contribution in [0.3, 0.4) is 0 Å². The first-order valence-electron chi connectivity index (χ1n) is 9.96. The summed E-state index contributed by atoms with van der Waals surface area (Å²) in [5.74, 6) is -0.399.